The van der Waals surface area contributed by atoms with Crippen molar-refractivity contribution in [3.05, 3.63) is 12.4 Å². The molecule has 27 heavy (non-hydrogen) atoms. The predicted molar refractivity (Wildman–Crippen MR) is 101 cm³/mol. The van der Waals surface area contributed by atoms with Crippen molar-refractivity contribution >= 4 is 11.9 Å². The van der Waals surface area contributed by atoms with Crippen LogP contribution in [0, 0.1) is 5.92 Å². The van der Waals surface area contributed by atoms with Gasteiger partial charge in [-0.25, -0.2) is 14.8 Å². The average Bonchev–Trinajstić information content (AvgIpc) is 2.59. The number of hydrogen-bond donors (Lipinski definition) is 2. The Bertz CT molecular complexity index is 649. The Labute approximate surface area is 160 Å². The van der Waals surface area contributed by atoms with Crippen LogP contribution in [0.4, 0.5) is 10.6 Å². The number of piperidine rings is 1. The topological polar surface area (TPSA) is 99.0 Å². The molecule has 2 heterocycles. The molecule has 0 aromatic carbocycles. The number of hydrogen-bond acceptors (Lipinski definition) is 6. The van der Waals surface area contributed by atoms with Gasteiger partial charge in [-0.1, -0.05) is 0 Å². The zero-order chi connectivity index (χ0) is 19.6. The maximum Gasteiger partial charge on any atom is 0.407 e. The summed E-state index contributed by atoms with van der Waals surface area (Å²) in [5.41, 5.74) is -0.434. The molecular weight excluding hydrogens is 348 g/mol. The van der Waals surface area contributed by atoms with Gasteiger partial charge in [0, 0.05) is 56.5 Å². The van der Waals surface area contributed by atoms with Crippen LogP contribution in [-0.4, -0.2) is 68.6 Å². The summed E-state index contributed by atoms with van der Waals surface area (Å²) in [4.78, 5) is 24.1. The van der Waals surface area contributed by atoms with E-state index in [1.54, 1.807) is 12.4 Å². The number of rotatable bonds is 5. The Kier molecular flexibility index (Phi) is 5.74. The first-order chi connectivity index (χ1) is 12.8. The molecule has 0 atom stereocenters. The van der Waals surface area contributed by atoms with Crippen LogP contribution in [0.5, 0.6) is 5.88 Å². The van der Waals surface area contributed by atoms with Gasteiger partial charge in [0.2, 0.25) is 0 Å². The van der Waals surface area contributed by atoms with Crippen LogP contribution in [0.1, 0.15) is 46.5 Å². The molecule has 8 nitrogen and oxygen atoms in total. The minimum atomic E-state index is -0.891. The highest BCUT2D eigenvalue weighted by Gasteiger charge is 2.42. The van der Waals surface area contributed by atoms with Gasteiger partial charge in [0.05, 0.1) is 0 Å². The van der Waals surface area contributed by atoms with Gasteiger partial charge in [-0.3, -0.25) is 0 Å². The van der Waals surface area contributed by atoms with Crippen molar-refractivity contribution in [2.45, 2.75) is 64.1 Å². The van der Waals surface area contributed by atoms with E-state index in [1.807, 2.05) is 20.8 Å². The fraction of sp³-hybridized carbons (Fsp3) is 0.737. The summed E-state index contributed by atoms with van der Waals surface area (Å²) >= 11 is 0. The van der Waals surface area contributed by atoms with Crippen molar-refractivity contribution in [3.8, 4) is 5.88 Å². The highest BCUT2D eigenvalue weighted by molar-refractivity contribution is 5.66. The average molecular weight is 378 g/mol. The Morgan fingerprint density at radius 3 is 2.44 bits per heavy atom. The first-order valence-corrected chi connectivity index (χ1v) is 9.65. The van der Waals surface area contributed by atoms with Gasteiger partial charge >= 0.3 is 6.09 Å². The molecule has 2 fully saturated rings. The number of nitrogens with zero attached hydrogens (tertiary/aromatic N) is 4. The quantitative estimate of drug-likeness (QED) is 0.811. The van der Waals surface area contributed by atoms with E-state index in [1.165, 1.54) is 4.90 Å². The third-order valence-electron chi connectivity index (χ3n) is 5.46. The summed E-state index contributed by atoms with van der Waals surface area (Å²) in [5, 5.41) is 18.8. The molecule has 3 rings (SSSR count). The number of aliphatic hydroxyl groups is 1. The molecule has 1 aliphatic heterocycles. The summed E-state index contributed by atoms with van der Waals surface area (Å²) in [5.74, 6) is 1.61. The van der Waals surface area contributed by atoms with Crippen molar-refractivity contribution in [2.24, 2.45) is 5.92 Å². The maximum absolute atomic E-state index is 11.6. The van der Waals surface area contributed by atoms with Crippen LogP contribution in [0.15, 0.2) is 12.4 Å². The minimum absolute atomic E-state index is 0.0343. The smallest absolute Gasteiger partial charge is 0.407 e. The fourth-order valence-electron chi connectivity index (χ4n) is 3.94. The largest absolute Gasteiger partial charge is 0.472 e. The van der Waals surface area contributed by atoms with E-state index >= 15 is 0 Å². The van der Waals surface area contributed by atoms with Gasteiger partial charge in [0.15, 0.2) is 5.82 Å². The lowest BCUT2D eigenvalue weighted by Gasteiger charge is -2.47. The van der Waals surface area contributed by atoms with Crippen molar-refractivity contribution < 1.29 is 19.7 Å². The molecular formula is C19H30N4O4. The van der Waals surface area contributed by atoms with Crippen LogP contribution in [0.25, 0.3) is 0 Å². The number of anilines is 1. The molecule has 0 unspecified atom stereocenters. The highest BCUT2D eigenvalue weighted by atomic mass is 16.5. The predicted octanol–water partition coefficient (Wildman–Crippen LogP) is 2.37. The second kappa shape index (κ2) is 7.88. The molecule has 0 bridgehead atoms. The van der Waals surface area contributed by atoms with E-state index in [0.29, 0.717) is 24.6 Å². The molecule has 0 radical (unpaired) electrons. The van der Waals surface area contributed by atoms with E-state index in [9.17, 15) is 15.0 Å². The summed E-state index contributed by atoms with van der Waals surface area (Å²) in [6.45, 7) is 7.61. The Balaban J connectivity index is 1.61. The number of carboxylic acid groups (broad SMARTS) is 1. The Morgan fingerprint density at radius 1 is 1.26 bits per heavy atom. The first-order valence-electron chi connectivity index (χ1n) is 9.65. The SMILES string of the molecule is CC(C)(C)N(C(=O)O)C1CC(Oc2nccnc2N2CCC(CO)CC2)C1. The van der Waals surface area contributed by atoms with Crippen LogP contribution in [0.3, 0.4) is 0 Å². The number of carbonyl (C=O) groups is 1. The molecule has 8 heteroatoms. The van der Waals surface area contributed by atoms with Gasteiger partial charge in [0.1, 0.15) is 6.10 Å². The van der Waals surface area contributed by atoms with Gasteiger partial charge in [-0.15, -0.1) is 0 Å². The van der Waals surface area contributed by atoms with Crippen LogP contribution in [0.2, 0.25) is 0 Å². The number of ether oxygens (including phenoxy) is 1. The van der Waals surface area contributed by atoms with Crippen molar-refractivity contribution in [3.63, 3.8) is 0 Å². The molecule has 0 spiro atoms. The van der Waals surface area contributed by atoms with E-state index in [-0.39, 0.29) is 18.8 Å². The zero-order valence-electron chi connectivity index (χ0n) is 16.3. The molecule has 2 N–H and O–H groups in total. The molecule has 1 saturated heterocycles. The molecule has 1 aromatic rings. The fourth-order valence-corrected chi connectivity index (χ4v) is 3.94. The van der Waals surface area contributed by atoms with Gasteiger partial charge in [-0.2, -0.15) is 0 Å². The highest BCUT2D eigenvalue weighted by Crippen LogP contribution is 2.36. The lowest BCUT2D eigenvalue weighted by Crippen LogP contribution is -2.58. The van der Waals surface area contributed by atoms with Gasteiger partial charge in [0.25, 0.3) is 5.88 Å². The maximum atomic E-state index is 11.6. The number of aliphatic hydroxyl groups excluding tert-OH is 1. The summed E-state index contributed by atoms with van der Waals surface area (Å²) < 4.78 is 6.08. The van der Waals surface area contributed by atoms with Crippen molar-refractivity contribution in [2.75, 3.05) is 24.6 Å². The van der Waals surface area contributed by atoms with E-state index in [0.717, 1.165) is 31.7 Å². The van der Waals surface area contributed by atoms with Crippen molar-refractivity contribution in [1.29, 1.82) is 0 Å². The van der Waals surface area contributed by atoms with Gasteiger partial charge in [-0.05, 0) is 39.5 Å². The molecule has 1 amide bonds. The van der Waals surface area contributed by atoms with E-state index < -0.39 is 11.6 Å². The molecule has 1 aromatic heterocycles. The normalized spacial score (nSPS) is 23.6. The van der Waals surface area contributed by atoms with Crippen LogP contribution < -0.4 is 9.64 Å². The lowest BCUT2D eigenvalue weighted by atomic mass is 9.85. The second-order valence-electron chi connectivity index (χ2n) is 8.49. The van der Waals surface area contributed by atoms with E-state index in [4.69, 9.17) is 4.74 Å². The summed E-state index contributed by atoms with van der Waals surface area (Å²) in [6, 6.07) is -0.0343. The first kappa shape index (κ1) is 19.7. The summed E-state index contributed by atoms with van der Waals surface area (Å²) in [7, 11) is 0. The Morgan fingerprint density at radius 2 is 1.89 bits per heavy atom. The number of amides is 1. The lowest BCUT2D eigenvalue weighted by molar-refractivity contribution is -0.0148. The third-order valence-corrected chi connectivity index (χ3v) is 5.46. The Hall–Kier alpha value is -2.09. The van der Waals surface area contributed by atoms with Crippen molar-refractivity contribution in [1.82, 2.24) is 14.9 Å². The number of aromatic nitrogens is 2. The van der Waals surface area contributed by atoms with Crippen LogP contribution >= 0.6 is 0 Å². The molecule has 150 valence electrons. The van der Waals surface area contributed by atoms with E-state index in [2.05, 4.69) is 14.9 Å². The zero-order valence-corrected chi connectivity index (χ0v) is 16.3. The molecule has 2 aliphatic rings. The summed E-state index contributed by atoms with van der Waals surface area (Å²) in [6.07, 6.45) is 5.51. The monoisotopic (exact) mass is 378 g/mol. The third kappa shape index (κ3) is 4.43. The standard InChI is InChI=1S/C19H30N4O4/c1-19(2,3)23(18(25)26)14-10-15(11-14)27-17-16(20-6-7-21-17)22-8-4-13(12-24)5-9-22/h6-7,13-15,24H,4-5,8-12H2,1-3H3,(H,25,26). The minimum Gasteiger partial charge on any atom is -0.472 e. The van der Waals surface area contributed by atoms with Crippen LogP contribution in [-0.2, 0) is 0 Å². The van der Waals surface area contributed by atoms with Gasteiger partial charge < -0.3 is 24.7 Å². The second-order valence-corrected chi connectivity index (χ2v) is 8.49. The molecule has 1 aliphatic carbocycles. The molecule has 1 saturated carbocycles.